The molecule has 0 aromatic heterocycles. The molecule has 0 saturated carbocycles. The van der Waals surface area contributed by atoms with Gasteiger partial charge in [0.05, 0.1) is 12.2 Å². The van der Waals surface area contributed by atoms with Gasteiger partial charge in [0.1, 0.15) is 6.23 Å². The molecule has 1 rings (SSSR count). The van der Waals surface area contributed by atoms with Gasteiger partial charge in [0.25, 0.3) is 0 Å². The quantitative estimate of drug-likeness (QED) is 0.729. The molecule has 1 aliphatic heterocycles. The van der Waals surface area contributed by atoms with Crippen LogP contribution in [0.2, 0.25) is 0 Å². The summed E-state index contributed by atoms with van der Waals surface area (Å²) in [4.78, 5) is 0. The largest absolute Gasteiger partial charge is 0.393 e. The van der Waals surface area contributed by atoms with Gasteiger partial charge in [-0.2, -0.15) is 0 Å². The van der Waals surface area contributed by atoms with Crippen molar-refractivity contribution >= 4 is 0 Å². The van der Waals surface area contributed by atoms with Crippen LogP contribution in [0.25, 0.3) is 0 Å². The molecule has 3 nitrogen and oxygen atoms in total. The van der Waals surface area contributed by atoms with E-state index in [9.17, 15) is 5.11 Å². The van der Waals surface area contributed by atoms with E-state index in [2.05, 4.69) is 26.1 Å². The second-order valence-corrected chi connectivity index (χ2v) is 5.09. The molecule has 1 saturated heterocycles. The van der Waals surface area contributed by atoms with Crippen LogP contribution in [0, 0.1) is 0 Å². The maximum Gasteiger partial charge on any atom is 0.108 e. The van der Waals surface area contributed by atoms with E-state index in [1.54, 1.807) is 0 Å². The minimum absolute atomic E-state index is 0.100. The number of ether oxygens (including phenoxy) is 1. The summed E-state index contributed by atoms with van der Waals surface area (Å²) in [5.74, 6) is 0. The van der Waals surface area contributed by atoms with Crippen molar-refractivity contribution in [3.8, 4) is 0 Å². The summed E-state index contributed by atoms with van der Waals surface area (Å²) in [7, 11) is 0. The fourth-order valence-electron chi connectivity index (χ4n) is 2.11. The van der Waals surface area contributed by atoms with Crippen LogP contribution in [-0.2, 0) is 4.74 Å². The summed E-state index contributed by atoms with van der Waals surface area (Å²) < 4.78 is 5.75. The minimum atomic E-state index is -0.235. The average Bonchev–Trinajstić information content (AvgIpc) is 1.96. The van der Waals surface area contributed by atoms with Crippen LogP contribution in [-0.4, -0.2) is 29.1 Å². The third-order valence-electron chi connectivity index (χ3n) is 2.59. The molecule has 3 atom stereocenters. The van der Waals surface area contributed by atoms with Crippen molar-refractivity contribution in [2.75, 3.05) is 0 Å². The van der Waals surface area contributed by atoms with Crippen molar-refractivity contribution < 1.29 is 9.84 Å². The minimum Gasteiger partial charge on any atom is -0.393 e. The van der Waals surface area contributed by atoms with Gasteiger partial charge in [-0.05, 0) is 47.0 Å². The van der Waals surface area contributed by atoms with Crippen molar-refractivity contribution in [2.24, 2.45) is 0 Å². The molecule has 3 heteroatoms. The fourth-order valence-corrected chi connectivity index (χ4v) is 2.11. The Labute approximate surface area is 86.8 Å². The van der Waals surface area contributed by atoms with E-state index in [4.69, 9.17) is 4.74 Å². The molecule has 0 aliphatic carbocycles. The van der Waals surface area contributed by atoms with Crippen LogP contribution < -0.4 is 5.32 Å². The second-order valence-electron chi connectivity index (χ2n) is 5.09. The number of aliphatic hydroxyl groups excluding tert-OH is 1. The van der Waals surface area contributed by atoms with Crippen molar-refractivity contribution in [2.45, 2.75) is 70.9 Å². The first-order valence-corrected chi connectivity index (χ1v) is 5.50. The maximum atomic E-state index is 9.20. The zero-order valence-corrected chi connectivity index (χ0v) is 9.71. The number of aliphatic hydroxyl groups is 1. The Bertz CT molecular complexity index is 180. The fraction of sp³-hybridized carbons (Fsp3) is 1.00. The first-order valence-electron chi connectivity index (χ1n) is 5.50. The molecule has 84 valence electrons. The number of rotatable bonds is 3. The zero-order chi connectivity index (χ0) is 10.8. The molecular weight excluding hydrogens is 178 g/mol. The van der Waals surface area contributed by atoms with E-state index < -0.39 is 0 Å². The third-order valence-corrected chi connectivity index (χ3v) is 2.59. The van der Waals surface area contributed by atoms with Crippen LogP contribution >= 0.6 is 0 Å². The molecule has 1 aliphatic rings. The summed E-state index contributed by atoms with van der Waals surface area (Å²) in [5.41, 5.74) is 0.154. The summed E-state index contributed by atoms with van der Waals surface area (Å²) in [6, 6.07) is 0. The topological polar surface area (TPSA) is 41.5 Å². The molecule has 0 bridgehead atoms. The van der Waals surface area contributed by atoms with E-state index in [1.165, 1.54) is 0 Å². The van der Waals surface area contributed by atoms with Gasteiger partial charge in [-0.3, -0.25) is 5.32 Å². The van der Waals surface area contributed by atoms with E-state index >= 15 is 0 Å². The standard InChI is InChI=1S/C11H23NO2/c1-8(13)5-6-10-12-11(3,4)7-9(2)14-10/h8-10,12-13H,5-7H2,1-4H3/t8-,9?,10?/m0/s1. The van der Waals surface area contributed by atoms with E-state index in [0.717, 1.165) is 19.3 Å². The number of nitrogens with one attached hydrogen (secondary N) is 1. The molecular formula is C11H23NO2. The van der Waals surface area contributed by atoms with Crippen LogP contribution in [0.5, 0.6) is 0 Å². The Morgan fingerprint density at radius 3 is 2.71 bits per heavy atom. The van der Waals surface area contributed by atoms with Crippen molar-refractivity contribution in [3.05, 3.63) is 0 Å². The first kappa shape index (κ1) is 12.0. The van der Waals surface area contributed by atoms with E-state index in [-0.39, 0.29) is 17.9 Å². The summed E-state index contributed by atoms with van der Waals surface area (Å²) in [5, 5.41) is 12.6. The molecule has 0 radical (unpaired) electrons. The molecule has 2 unspecified atom stereocenters. The zero-order valence-electron chi connectivity index (χ0n) is 9.71. The maximum absolute atomic E-state index is 9.20. The predicted molar refractivity (Wildman–Crippen MR) is 57.1 cm³/mol. The summed E-state index contributed by atoms with van der Waals surface area (Å²) in [6.07, 6.45) is 2.89. The molecule has 0 amide bonds. The summed E-state index contributed by atoms with van der Waals surface area (Å²) >= 11 is 0. The van der Waals surface area contributed by atoms with Crippen molar-refractivity contribution in [1.82, 2.24) is 5.32 Å². The van der Waals surface area contributed by atoms with Crippen LogP contribution in [0.3, 0.4) is 0 Å². The van der Waals surface area contributed by atoms with Gasteiger partial charge in [-0.15, -0.1) is 0 Å². The van der Waals surface area contributed by atoms with Gasteiger partial charge in [0, 0.05) is 5.54 Å². The predicted octanol–water partition coefficient (Wildman–Crippen LogP) is 1.65. The molecule has 1 heterocycles. The molecule has 0 aromatic rings. The Morgan fingerprint density at radius 2 is 2.21 bits per heavy atom. The summed E-state index contributed by atoms with van der Waals surface area (Å²) in [6.45, 7) is 8.32. The van der Waals surface area contributed by atoms with E-state index in [0.29, 0.717) is 6.10 Å². The smallest absolute Gasteiger partial charge is 0.108 e. The highest BCUT2D eigenvalue weighted by Gasteiger charge is 2.31. The van der Waals surface area contributed by atoms with Crippen LogP contribution in [0.15, 0.2) is 0 Å². The third kappa shape index (κ3) is 3.95. The first-order chi connectivity index (χ1) is 6.39. The molecule has 0 aromatic carbocycles. The average molecular weight is 201 g/mol. The van der Waals surface area contributed by atoms with Crippen LogP contribution in [0.4, 0.5) is 0 Å². The monoisotopic (exact) mass is 201 g/mol. The Kier molecular flexibility index (Phi) is 3.93. The van der Waals surface area contributed by atoms with Gasteiger partial charge in [0.2, 0.25) is 0 Å². The second kappa shape index (κ2) is 4.60. The van der Waals surface area contributed by atoms with Gasteiger partial charge >= 0.3 is 0 Å². The lowest BCUT2D eigenvalue weighted by Gasteiger charge is -2.40. The highest BCUT2D eigenvalue weighted by molar-refractivity contribution is 4.86. The number of hydrogen-bond donors (Lipinski definition) is 2. The van der Waals surface area contributed by atoms with Crippen LogP contribution in [0.1, 0.15) is 47.0 Å². The Balaban J connectivity index is 2.38. The van der Waals surface area contributed by atoms with Gasteiger partial charge in [-0.1, -0.05) is 0 Å². The molecule has 14 heavy (non-hydrogen) atoms. The number of hydrogen-bond acceptors (Lipinski definition) is 3. The highest BCUT2D eigenvalue weighted by Crippen LogP contribution is 2.23. The Morgan fingerprint density at radius 1 is 1.57 bits per heavy atom. The van der Waals surface area contributed by atoms with Gasteiger partial charge < -0.3 is 9.84 Å². The van der Waals surface area contributed by atoms with E-state index in [1.807, 2.05) is 6.92 Å². The highest BCUT2D eigenvalue weighted by atomic mass is 16.5. The molecule has 2 N–H and O–H groups in total. The van der Waals surface area contributed by atoms with Crippen molar-refractivity contribution in [3.63, 3.8) is 0 Å². The molecule has 1 fully saturated rings. The SMILES string of the molecule is CC1CC(C)(C)NC(CC[C@H](C)O)O1. The lowest BCUT2D eigenvalue weighted by atomic mass is 9.94. The van der Waals surface area contributed by atoms with Gasteiger partial charge in [0.15, 0.2) is 0 Å². The lowest BCUT2D eigenvalue weighted by Crippen LogP contribution is -2.54. The normalized spacial score (nSPS) is 34.1. The Hall–Kier alpha value is -0.120. The van der Waals surface area contributed by atoms with Gasteiger partial charge in [-0.25, -0.2) is 0 Å². The van der Waals surface area contributed by atoms with Crippen molar-refractivity contribution in [1.29, 1.82) is 0 Å². The lowest BCUT2D eigenvalue weighted by molar-refractivity contribution is -0.0933. The molecule has 0 spiro atoms.